The largest absolute Gasteiger partial charge is 0.355 e. The van der Waals surface area contributed by atoms with Gasteiger partial charge in [-0.15, -0.1) is 0 Å². The summed E-state index contributed by atoms with van der Waals surface area (Å²) in [6.07, 6.45) is 0.954. The lowest BCUT2D eigenvalue weighted by Gasteiger charge is -2.47. The van der Waals surface area contributed by atoms with E-state index >= 15 is 0 Å². The van der Waals surface area contributed by atoms with Crippen molar-refractivity contribution in [1.29, 1.82) is 0 Å². The Morgan fingerprint density at radius 1 is 1.28 bits per heavy atom. The first-order valence-corrected chi connectivity index (χ1v) is 9.40. The first-order valence-electron chi connectivity index (χ1n) is 9.40. The van der Waals surface area contributed by atoms with Gasteiger partial charge in [0.05, 0.1) is 5.69 Å². The molecule has 7 heteroatoms. The normalized spacial score (nSPS) is 27.4. The summed E-state index contributed by atoms with van der Waals surface area (Å²) in [6, 6.07) is 0.902. The van der Waals surface area contributed by atoms with Gasteiger partial charge in [0.2, 0.25) is 0 Å². The molecule has 0 amide bonds. The maximum atomic E-state index is 4.52. The van der Waals surface area contributed by atoms with E-state index in [9.17, 15) is 0 Å². The molecule has 2 N–H and O–H groups in total. The monoisotopic (exact) mass is 347 g/mol. The second kappa shape index (κ2) is 7.74. The van der Waals surface area contributed by atoms with Crippen molar-refractivity contribution in [1.82, 2.24) is 30.2 Å². The second-order valence-electron chi connectivity index (χ2n) is 7.47. The first kappa shape index (κ1) is 18.2. The molecule has 0 saturated carbocycles. The number of nitrogens with zero attached hydrogens (tertiary/aromatic N) is 5. The molecule has 7 nitrogen and oxygen atoms in total. The fraction of sp³-hybridized carbons (Fsp3) is 0.778. The maximum Gasteiger partial charge on any atom is 0.191 e. The number of rotatable bonds is 5. The zero-order valence-corrected chi connectivity index (χ0v) is 16.3. The van der Waals surface area contributed by atoms with Crippen molar-refractivity contribution in [2.24, 2.45) is 12.0 Å². The molecule has 2 bridgehead atoms. The van der Waals surface area contributed by atoms with Crippen molar-refractivity contribution in [2.45, 2.75) is 39.3 Å². The van der Waals surface area contributed by atoms with Gasteiger partial charge >= 0.3 is 0 Å². The highest BCUT2D eigenvalue weighted by Gasteiger charge is 2.31. The predicted molar refractivity (Wildman–Crippen MR) is 102 cm³/mol. The third-order valence-corrected chi connectivity index (χ3v) is 5.67. The molecule has 0 spiro atoms. The summed E-state index contributed by atoms with van der Waals surface area (Å²) in [5.74, 6) is 0.893. The van der Waals surface area contributed by atoms with E-state index < -0.39 is 0 Å². The number of aliphatic imine (C=N–C) groups is 1. The number of nitrogens with one attached hydrogen (secondary N) is 2. The fourth-order valence-corrected chi connectivity index (χ4v) is 4.03. The van der Waals surface area contributed by atoms with Crippen LogP contribution in [0.3, 0.4) is 0 Å². The summed E-state index contributed by atoms with van der Waals surface area (Å²) in [5.41, 5.74) is 3.70. The molecule has 3 saturated heterocycles. The molecule has 0 aromatic carbocycles. The quantitative estimate of drug-likeness (QED) is 0.586. The highest BCUT2D eigenvalue weighted by molar-refractivity contribution is 5.80. The first-order chi connectivity index (χ1) is 12.0. The Morgan fingerprint density at radius 3 is 2.52 bits per heavy atom. The van der Waals surface area contributed by atoms with E-state index in [1.54, 1.807) is 0 Å². The molecule has 2 atom stereocenters. The van der Waals surface area contributed by atoms with Crippen molar-refractivity contribution in [3.63, 3.8) is 0 Å². The van der Waals surface area contributed by atoms with Gasteiger partial charge in [0, 0.05) is 71.1 Å². The van der Waals surface area contributed by atoms with Gasteiger partial charge in [-0.2, -0.15) is 5.10 Å². The highest BCUT2D eigenvalue weighted by atomic mass is 15.4. The van der Waals surface area contributed by atoms with E-state index in [0.29, 0.717) is 12.1 Å². The third-order valence-electron chi connectivity index (χ3n) is 5.67. The minimum absolute atomic E-state index is 0.305. The van der Waals surface area contributed by atoms with Gasteiger partial charge in [0.1, 0.15) is 0 Å². The zero-order valence-electron chi connectivity index (χ0n) is 16.3. The summed E-state index contributed by atoms with van der Waals surface area (Å²) < 4.78 is 1.96. The molecule has 1 aromatic heterocycles. The van der Waals surface area contributed by atoms with Crippen LogP contribution in [0.1, 0.15) is 23.9 Å². The van der Waals surface area contributed by atoms with Gasteiger partial charge in [0.25, 0.3) is 0 Å². The van der Waals surface area contributed by atoms with Crippen LogP contribution in [0.2, 0.25) is 0 Å². The fourth-order valence-electron chi connectivity index (χ4n) is 4.03. The Balaban J connectivity index is 1.50. The topological polar surface area (TPSA) is 60.7 Å². The van der Waals surface area contributed by atoms with Gasteiger partial charge in [-0.3, -0.25) is 19.5 Å². The molecule has 1 aromatic rings. The van der Waals surface area contributed by atoms with Crippen molar-refractivity contribution in [3.8, 4) is 0 Å². The average molecular weight is 348 g/mol. The Labute approximate surface area is 151 Å². The number of aryl methyl sites for hydroxylation is 2. The standard InChI is InChI=1S/C18H33N7/c1-13(10-17-14(2)22-23(5)15(17)3)21-18(19-4)20-11-16-12-24-6-8-25(16)9-7-24/h13,16H,6-12H2,1-5H3,(H2,19,20,21). The molecule has 4 rings (SSSR count). The van der Waals surface area contributed by atoms with Crippen molar-refractivity contribution in [3.05, 3.63) is 17.0 Å². The van der Waals surface area contributed by atoms with Crippen molar-refractivity contribution in [2.75, 3.05) is 46.3 Å². The van der Waals surface area contributed by atoms with E-state index in [4.69, 9.17) is 0 Å². The summed E-state index contributed by atoms with van der Waals surface area (Å²) in [4.78, 5) is 9.58. The maximum absolute atomic E-state index is 4.52. The smallest absolute Gasteiger partial charge is 0.191 e. The Morgan fingerprint density at radius 2 is 2.00 bits per heavy atom. The summed E-state index contributed by atoms with van der Waals surface area (Å²) >= 11 is 0. The number of fused-ring (bicyclic) bond motifs is 3. The molecule has 3 aliphatic heterocycles. The van der Waals surface area contributed by atoms with Gasteiger partial charge in [0.15, 0.2) is 5.96 Å². The average Bonchev–Trinajstić information content (AvgIpc) is 2.85. The van der Waals surface area contributed by atoms with Crippen molar-refractivity contribution >= 4 is 5.96 Å². The Kier molecular flexibility index (Phi) is 5.64. The van der Waals surface area contributed by atoms with Crippen LogP contribution in [0.4, 0.5) is 0 Å². The third kappa shape index (κ3) is 4.15. The zero-order chi connectivity index (χ0) is 18.0. The van der Waals surface area contributed by atoms with Crippen LogP contribution < -0.4 is 10.6 Å². The highest BCUT2D eigenvalue weighted by Crippen LogP contribution is 2.15. The van der Waals surface area contributed by atoms with Crippen molar-refractivity contribution < 1.29 is 0 Å². The molecule has 140 valence electrons. The lowest BCUT2D eigenvalue weighted by molar-refractivity contribution is 0.0154. The van der Waals surface area contributed by atoms with Gasteiger partial charge in [-0.25, -0.2) is 0 Å². The van der Waals surface area contributed by atoms with Gasteiger partial charge in [-0.05, 0) is 32.8 Å². The molecule has 4 heterocycles. The molecule has 2 unspecified atom stereocenters. The molecule has 0 radical (unpaired) electrons. The molecule has 25 heavy (non-hydrogen) atoms. The number of aromatic nitrogens is 2. The molecular formula is C18H33N7. The van der Waals surface area contributed by atoms with Gasteiger partial charge < -0.3 is 10.6 Å². The van der Waals surface area contributed by atoms with Crippen LogP contribution in [-0.2, 0) is 13.5 Å². The number of guanidine groups is 1. The number of hydrogen-bond acceptors (Lipinski definition) is 4. The van der Waals surface area contributed by atoms with Crippen LogP contribution in [-0.4, -0.2) is 83.9 Å². The van der Waals surface area contributed by atoms with E-state index in [0.717, 1.165) is 24.6 Å². The van der Waals surface area contributed by atoms with Gasteiger partial charge in [-0.1, -0.05) is 0 Å². The summed E-state index contributed by atoms with van der Waals surface area (Å²) in [5, 5.41) is 11.6. The number of hydrogen-bond donors (Lipinski definition) is 2. The van der Waals surface area contributed by atoms with Crippen LogP contribution in [0, 0.1) is 13.8 Å². The van der Waals surface area contributed by atoms with E-state index in [2.05, 4.69) is 51.3 Å². The summed E-state index contributed by atoms with van der Waals surface area (Å²) in [6.45, 7) is 13.4. The molecular weight excluding hydrogens is 314 g/mol. The van der Waals surface area contributed by atoms with E-state index in [1.807, 2.05) is 18.8 Å². The van der Waals surface area contributed by atoms with Crippen LogP contribution in [0.25, 0.3) is 0 Å². The Hall–Kier alpha value is -1.60. The minimum Gasteiger partial charge on any atom is -0.355 e. The lowest BCUT2D eigenvalue weighted by atomic mass is 10.1. The molecule has 3 aliphatic rings. The predicted octanol–water partition coefficient (Wildman–Crippen LogP) is 0.133. The van der Waals surface area contributed by atoms with E-state index in [-0.39, 0.29) is 0 Å². The number of piperazine rings is 3. The van der Waals surface area contributed by atoms with Crippen LogP contribution in [0.15, 0.2) is 4.99 Å². The van der Waals surface area contributed by atoms with E-state index in [1.165, 1.54) is 44.0 Å². The van der Waals surface area contributed by atoms with Crippen LogP contribution >= 0.6 is 0 Å². The lowest BCUT2D eigenvalue weighted by Crippen LogP contribution is -2.64. The SMILES string of the molecule is CN=C(NCC1CN2CCN1CC2)NC(C)Cc1c(C)nn(C)c1C. The van der Waals surface area contributed by atoms with Crippen LogP contribution in [0.5, 0.6) is 0 Å². The molecule has 0 aliphatic carbocycles. The summed E-state index contributed by atoms with van der Waals surface area (Å²) in [7, 11) is 3.85. The Bertz CT molecular complexity index is 613. The minimum atomic E-state index is 0.305. The molecule has 3 fully saturated rings. The second-order valence-corrected chi connectivity index (χ2v) is 7.47.